The quantitative estimate of drug-likeness (QED) is 0.736. The van der Waals surface area contributed by atoms with E-state index >= 15 is 0 Å². The molecule has 2 aromatic rings. The summed E-state index contributed by atoms with van der Waals surface area (Å²) in [6.07, 6.45) is 4.22. The van der Waals surface area contributed by atoms with E-state index in [0.29, 0.717) is 11.2 Å². The molecule has 0 bridgehead atoms. The molecule has 0 aromatic carbocycles. The molecule has 0 atom stereocenters. The normalized spacial score (nSPS) is 16.1. The third-order valence-electron chi connectivity index (χ3n) is 2.65. The minimum atomic E-state index is -0.513. The summed E-state index contributed by atoms with van der Waals surface area (Å²) < 4.78 is 15.0. The molecule has 3 rings (SSSR count). The third kappa shape index (κ3) is 1.59. The van der Waals surface area contributed by atoms with Crippen molar-refractivity contribution in [1.29, 1.82) is 0 Å². The van der Waals surface area contributed by atoms with Crippen molar-refractivity contribution in [3.8, 4) is 0 Å². The zero-order valence-corrected chi connectivity index (χ0v) is 8.71. The average Bonchev–Trinajstić information content (AvgIpc) is 2.94. The first-order chi connectivity index (χ1) is 7.24. The van der Waals surface area contributed by atoms with Crippen LogP contribution in [0.5, 0.6) is 0 Å². The van der Waals surface area contributed by atoms with Crippen LogP contribution >= 0.6 is 11.6 Å². The van der Waals surface area contributed by atoms with Gasteiger partial charge in [0.2, 0.25) is 0 Å². The lowest BCUT2D eigenvalue weighted by Crippen LogP contribution is -1.99. The summed E-state index contributed by atoms with van der Waals surface area (Å²) in [7, 11) is 0. The highest BCUT2D eigenvalue weighted by atomic mass is 35.5. The Morgan fingerprint density at radius 2 is 2.33 bits per heavy atom. The van der Waals surface area contributed by atoms with E-state index in [2.05, 4.69) is 9.97 Å². The second-order valence-electron chi connectivity index (χ2n) is 3.94. The molecule has 0 amide bonds. The molecule has 1 aliphatic rings. The molecule has 0 aliphatic heterocycles. The molecule has 1 aliphatic carbocycles. The molecular formula is C10H9ClFN3. The van der Waals surface area contributed by atoms with Crippen molar-refractivity contribution in [3.05, 3.63) is 23.4 Å². The Morgan fingerprint density at radius 1 is 1.53 bits per heavy atom. The average molecular weight is 226 g/mol. The first-order valence-corrected chi connectivity index (χ1v) is 5.29. The fraction of sp³-hybridized carbons (Fsp3) is 0.400. The minimum absolute atomic E-state index is 0.0833. The Balaban J connectivity index is 2.10. The number of rotatable bonds is 2. The number of nitrogens with zero attached hydrogens (tertiary/aromatic N) is 3. The smallest absolute Gasteiger partial charge is 0.167 e. The van der Waals surface area contributed by atoms with Gasteiger partial charge in [0.05, 0.1) is 6.33 Å². The zero-order chi connectivity index (χ0) is 10.4. The highest BCUT2D eigenvalue weighted by Crippen LogP contribution is 2.31. The van der Waals surface area contributed by atoms with E-state index in [1.807, 2.05) is 4.57 Å². The van der Waals surface area contributed by atoms with Crippen LogP contribution in [-0.4, -0.2) is 14.5 Å². The molecule has 15 heavy (non-hydrogen) atoms. The zero-order valence-electron chi connectivity index (χ0n) is 7.95. The van der Waals surface area contributed by atoms with E-state index in [4.69, 9.17) is 11.6 Å². The van der Waals surface area contributed by atoms with E-state index in [0.717, 1.165) is 12.5 Å². The molecule has 0 unspecified atom stereocenters. The van der Waals surface area contributed by atoms with E-state index in [-0.39, 0.29) is 5.15 Å². The van der Waals surface area contributed by atoms with E-state index in [1.54, 1.807) is 6.33 Å². The van der Waals surface area contributed by atoms with Crippen LogP contribution in [0.25, 0.3) is 11.2 Å². The van der Waals surface area contributed by atoms with Crippen LogP contribution in [0.15, 0.2) is 12.4 Å². The van der Waals surface area contributed by atoms with Crippen molar-refractivity contribution in [2.75, 3.05) is 0 Å². The first kappa shape index (κ1) is 9.09. The van der Waals surface area contributed by atoms with Gasteiger partial charge in [-0.15, -0.1) is 0 Å². The fourth-order valence-electron chi connectivity index (χ4n) is 1.65. The first-order valence-electron chi connectivity index (χ1n) is 4.91. The van der Waals surface area contributed by atoms with Gasteiger partial charge in [-0.2, -0.15) is 0 Å². The number of hydrogen-bond donors (Lipinski definition) is 0. The lowest BCUT2D eigenvalue weighted by atomic mass is 10.4. The lowest BCUT2D eigenvalue weighted by Gasteiger charge is -2.01. The number of fused-ring (bicyclic) bond motifs is 1. The molecule has 78 valence electrons. The summed E-state index contributed by atoms with van der Waals surface area (Å²) in [5.74, 6) is 0.217. The number of hydrogen-bond acceptors (Lipinski definition) is 2. The molecule has 1 saturated carbocycles. The second kappa shape index (κ2) is 3.17. The Bertz CT molecular complexity index is 519. The molecule has 0 radical (unpaired) electrons. The summed E-state index contributed by atoms with van der Waals surface area (Å²) in [5.41, 5.74) is 1.24. The number of imidazole rings is 1. The Hall–Kier alpha value is -1.16. The lowest BCUT2D eigenvalue weighted by molar-refractivity contribution is 0.619. The SMILES string of the molecule is Fc1cc2ncn(CC3CC3)c2nc1Cl. The standard InChI is InChI=1S/C10H9ClFN3/c11-9-7(12)3-8-10(14-9)15(5-13-8)4-6-1-2-6/h3,5-6H,1-2,4H2. The molecule has 0 N–H and O–H groups in total. The summed E-state index contributed by atoms with van der Waals surface area (Å²) >= 11 is 5.64. The van der Waals surface area contributed by atoms with Crippen LogP contribution < -0.4 is 0 Å². The number of halogens is 2. The topological polar surface area (TPSA) is 30.7 Å². The maximum atomic E-state index is 13.1. The molecule has 0 spiro atoms. The van der Waals surface area contributed by atoms with Gasteiger partial charge >= 0.3 is 0 Å². The Labute approximate surface area is 90.9 Å². The second-order valence-corrected chi connectivity index (χ2v) is 4.30. The van der Waals surface area contributed by atoms with Crippen LogP contribution in [0.1, 0.15) is 12.8 Å². The van der Waals surface area contributed by atoms with Gasteiger partial charge < -0.3 is 4.57 Å². The van der Waals surface area contributed by atoms with Crippen molar-refractivity contribution in [2.24, 2.45) is 5.92 Å². The summed E-state index contributed by atoms with van der Waals surface area (Å²) in [6, 6.07) is 1.33. The van der Waals surface area contributed by atoms with Gasteiger partial charge in [-0.05, 0) is 18.8 Å². The molecule has 1 fully saturated rings. The monoisotopic (exact) mass is 225 g/mol. The van der Waals surface area contributed by atoms with Gasteiger partial charge in [0.15, 0.2) is 16.6 Å². The van der Waals surface area contributed by atoms with Gasteiger partial charge in [0.1, 0.15) is 5.52 Å². The molecule has 2 aromatic heterocycles. The molecule has 0 saturated heterocycles. The molecule has 5 heteroatoms. The summed E-state index contributed by atoms with van der Waals surface area (Å²) in [4.78, 5) is 8.11. The van der Waals surface area contributed by atoms with Crippen LogP contribution in [-0.2, 0) is 6.54 Å². The van der Waals surface area contributed by atoms with E-state index in [9.17, 15) is 4.39 Å². The minimum Gasteiger partial charge on any atom is -0.315 e. The van der Waals surface area contributed by atoms with E-state index < -0.39 is 5.82 Å². The summed E-state index contributed by atoms with van der Waals surface area (Å²) in [6.45, 7) is 0.908. The van der Waals surface area contributed by atoms with Crippen molar-refractivity contribution in [2.45, 2.75) is 19.4 Å². The maximum absolute atomic E-state index is 13.1. The van der Waals surface area contributed by atoms with Crippen molar-refractivity contribution < 1.29 is 4.39 Å². The Kier molecular flexibility index (Phi) is 1.92. The predicted molar refractivity (Wildman–Crippen MR) is 55.2 cm³/mol. The van der Waals surface area contributed by atoms with Gasteiger partial charge in [0.25, 0.3) is 0 Å². The van der Waals surface area contributed by atoms with Crippen molar-refractivity contribution in [1.82, 2.24) is 14.5 Å². The molecular weight excluding hydrogens is 217 g/mol. The van der Waals surface area contributed by atoms with Crippen LogP contribution in [0.3, 0.4) is 0 Å². The van der Waals surface area contributed by atoms with Gasteiger partial charge in [-0.25, -0.2) is 14.4 Å². The van der Waals surface area contributed by atoms with Crippen LogP contribution in [0.4, 0.5) is 4.39 Å². The summed E-state index contributed by atoms with van der Waals surface area (Å²) in [5, 5.41) is -0.0833. The number of aromatic nitrogens is 3. The van der Waals surface area contributed by atoms with Crippen molar-refractivity contribution in [3.63, 3.8) is 0 Å². The molecule has 3 nitrogen and oxygen atoms in total. The van der Waals surface area contributed by atoms with Gasteiger partial charge in [-0.3, -0.25) is 0 Å². The predicted octanol–water partition coefficient (Wildman–Crippen LogP) is 2.63. The van der Waals surface area contributed by atoms with Crippen LogP contribution in [0.2, 0.25) is 5.15 Å². The number of pyridine rings is 1. The maximum Gasteiger partial charge on any atom is 0.167 e. The van der Waals surface area contributed by atoms with Crippen LogP contribution in [0, 0.1) is 11.7 Å². The fourth-order valence-corrected chi connectivity index (χ4v) is 1.79. The van der Waals surface area contributed by atoms with E-state index in [1.165, 1.54) is 18.9 Å². The highest BCUT2D eigenvalue weighted by molar-refractivity contribution is 6.29. The highest BCUT2D eigenvalue weighted by Gasteiger charge is 2.22. The van der Waals surface area contributed by atoms with Gasteiger partial charge in [-0.1, -0.05) is 11.6 Å². The Morgan fingerprint density at radius 3 is 3.07 bits per heavy atom. The third-order valence-corrected chi connectivity index (χ3v) is 2.92. The van der Waals surface area contributed by atoms with Crippen molar-refractivity contribution >= 4 is 22.8 Å². The largest absolute Gasteiger partial charge is 0.315 e. The molecule has 2 heterocycles. The van der Waals surface area contributed by atoms with Gasteiger partial charge in [0, 0.05) is 12.6 Å².